The average molecular weight is 398 g/mol. The van der Waals surface area contributed by atoms with Crippen molar-refractivity contribution in [3.8, 4) is 5.75 Å². The molecule has 0 saturated heterocycles. The molecule has 1 unspecified atom stereocenters. The van der Waals surface area contributed by atoms with Crippen LogP contribution in [0.1, 0.15) is 22.8 Å². The highest BCUT2D eigenvalue weighted by atomic mass is 79.9. The highest BCUT2D eigenvalue weighted by Gasteiger charge is 2.22. The van der Waals surface area contributed by atoms with Crippen LogP contribution in [-0.4, -0.2) is 11.7 Å². The zero-order chi connectivity index (χ0) is 14.1. The van der Waals surface area contributed by atoms with Crippen LogP contribution in [0.2, 0.25) is 0 Å². The predicted octanol–water partition coefficient (Wildman–Crippen LogP) is 4.42. The minimum absolute atomic E-state index is 0.555. The molecule has 1 atom stereocenters. The molecule has 20 heavy (non-hydrogen) atoms. The molecule has 3 rings (SSSR count). The third-order valence-corrected chi connectivity index (χ3v) is 4.46. The van der Waals surface area contributed by atoms with Crippen LogP contribution in [0.25, 0.3) is 0 Å². The highest BCUT2D eigenvalue weighted by molar-refractivity contribution is 9.10. The molecule has 1 aliphatic rings. The molecule has 2 aromatic carbocycles. The Hall–Kier alpha value is -0.840. The molecule has 104 valence electrons. The van der Waals surface area contributed by atoms with Crippen molar-refractivity contribution in [3.63, 3.8) is 0 Å². The molecular weight excluding hydrogens is 384 g/mol. The molecule has 0 amide bonds. The van der Waals surface area contributed by atoms with Gasteiger partial charge in [-0.2, -0.15) is 0 Å². The van der Waals surface area contributed by atoms with Gasteiger partial charge in [0.1, 0.15) is 5.75 Å². The van der Waals surface area contributed by atoms with Gasteiger partial charge in [-0.1, -0.05) is 44.0 Å². The molecule has 1 aliphatic heterocycles. The summed E-state index contributed by atoms with van der Waals surface area (Å²) < 4.78 is 7.71. The SMILES string of the molecule is OC(Cc1ccc(Br)cc1)c1cc(Br)cc2c1OCC2. The van der Waals surface area contributed by atoms with Gasteiger partial charge in [-0.25, -0.2) is 0 Å². The van der Waals surface area contributed by atoms with Crippen LogP contribution >= 0.6 is 31.9 Å². The lowest BCUT2D eigenvalue weighted by atomic mass is 9.98. The number of halogens is 2. The van der Waals surface area contributed by atoms with Crippen molar-refractivity contribution in [3.05, 3.63) is 62.0 Å². The van der Waals surface area contributed by atoms with E-state index in [1.807, 2.05) is 30.3 Å². The topological polar surface area (TPSA) is 29.5 Å². The zero-order valence-corrected chi connectivity index (χ0v) is 13.9. The van der Waals surface area contributed by atoms with E-state index in [-0.39, 0.29) is 0 Å². The zero-order valence-electron chi connectivity index (χ0n) is 10.8. The van der Waals surface area contributed by atoms with Crippen molar-refractivity contribution in [1.29, 1.82) is 0 Å². The Balaban J connectivity index is 1.87. The van der Waals surface area contributed by atoms with Crippen molar-refractivity contribution in [2.75, 3.05) is 6.61 Å². The molecule has 2 nitrogen and oxygen atoms in total. The normalized spacial score (nSPS) is 14.8. The van der Waals surface area contributed by atoms with E-state index in [9.17, 15) is 5.11 Å². The third-order valence-electron chi connectivity index (χ3n) is 3.48. The van der Waals surface area contributed by atoms with Crippen LogP contribution in [0.3, 0.4) is 0 Å². The molecule has 4 heteroatoms. The summed E-state index contributed by atoms with van der Waals surface area (Å²) in [5, 5.41) is 10.5. The lowest BCUT2D eigenvalue weighted by molar-refractivity contribution is 0.173. The summed E-state index contributed by atoms with van der Waals surface area (Å²) >= 11 is 6.92. The molecule has 0 fully saturated rings. The summed E-state index contributed by atoms with van der Waals surface area (Å²) in [5.41, 5.74) is 3.14. The second kappa shape index (κ2) is 5.88. The second-order valence-corrected chi connectivity index (χ2v) is 6.76. The van der Waals surface area contributed by atoms with Gasteiger partial charge in [-0.05, 0) is 35.4 Å². The maximum Gasteiger partial charge on any atom is 0.128 e. The van der Waals surface area contributed by atoms with Gasteiger partial charge in [-0.3, -0.25) is 0 Å². The summed E-state index contributed by atoms with van der Waals surface area (Å²) in [5.74, 6) is 0.859. The smallest absolute Gasteiger partial charge is 0.128 e. The molecule has 0 spiro atoms. The molecule has 0 aromatic heterocycles. The van der Waals surface area contributed by atoms with Gasteiger partial charge in [0.2, 0.25) is 0 Å². The van der Waals surface area contributed by atoms with E-state index in [0.29, 0.717) is 13.0 Å². The predicted molar refractivity (Wildman–Crippen MR) is 86.1 cm³/mol. The van der Waals surface area contributed by atoms with Crippen LogP contribution in [0, 0.1) is 0 Å². The molecule has 0 aliphatic carbocycles. The largest absolute Gasteiger partial charge is 0.493 e. The van der Waals surface area contributed by atoms with E-state index < -0.39 is 6.10 Å². The van der Waals surface area contributed by atoms with Crippen LogP contribution < -0.4 is 4.74 Å². The minimum Gasteiger partial charge on any atom is -0.493 e. The third kappa shape index (κ3) is 2.92. The quantitative estimate of drug-likeness (QED) is 0.830. The van der Waals surface area contributed by atoms with Gasteiger partial charge in [-0.15, -0.1) is 0 Å². The van der Waals surface area contributed by atoms with Gasteiger partial charge in [0, 0.05) is 27.4 Å². The van der Waals surface area contributed by atoms with E-state index >= 15 is 0 Å². The standard InChI is InChI=1S/C16H14Br2O2/c17-12-3-1-10(2-4-12)7-15(19)14-9-13(18)8-11-5-6-20-16(11)14/h1-4,8-9,15,19H,5-7H2. The van der Waals surface area contributed by atoms with E-state index in [2.05, 4.69) is 37.9 Å². The Morgan fingerprint density at radius 2 is 1.85 bits per heavy atom. The van der Waals surface area contributed by atoms with Crippen LogP contribution in [0.4, 0.5) is 0 Å². The van der Waals surface area contributed by atoms with E-state index in [1.54, 1.807) is 0 Å². The Bertz CT molecular complexity index is 623. The summed E-state index contributed by atoms with van der Waals surface area (Å²) in [6.07, 6.45) is 0.937. The van der Waals surface area contributed by atoms with Crippen LogP contribution in [-0.2, 0) is 12.8 Å². The average Bonchev–Trinajstić information content (AvgIpc) is 2.88. The van der Waals surface area contributed by atoms with Crippen molar-refractivity contribution < 1.29 is 9.84 Å². The fourth-order valence-electron chi connectivity index (χ4n) is 2.50. The summed E-state index contributed by atoms with van der Waals surface area (Å²) in [4.78, 5) is 0. The number of aliphatic hydroxyl groups excluding tert-OH is 1. The Morgan fingerprint density at radius 3 is 2.60 bits per heavy atom. The number of hydrogen-bond donors (Lipinski definition) is 1. The Kier molecular flexibility index (Phi) is 4.15. The van der Waals surface area contributed by atoms with Gasteiger partial charge in [0.25, 0.3) is 0 Å². The minimum atomic E-state index is -0.555. The Morgan fingerprint density at radius 1 is 1.10 bits per heavy atom. The van der Waals surface area contributed by atoms with Gasteiger partial charge < -0.3 is 9.84 Å². The van der Waals surface area contributed by atoms with Crippen LogP contribution in [0.15, 0.2) is 45.3 Å². The first kappa shape index (κ1) is 14.1. The van der Waals surface area contributed by atoms with E-state index in [1.165, 1.54) is 5.56 Å². The monoisotopic (exact) mass is 396 g/mol. The lowest BCUT2D eigenvalue weighted by Gasteiger charge is -2.15. The maximum atomic E-state index is 10.5. The molecule has 1 N–H and O–H groups in total. The number of rotatable bonds is 3. The molecule has 1 heterocycles. The van der Waals surface area contributed by atoms with Gasteiger partial charge in [0.05, 0.1) is 12.7 Å². The number of benzene rings is 2. The molecule has 2 aromatic rings. The fourth-order valence-corrected chi connectivity index (χ4v) is 3.29. The maximum absolute atomic E-state index is 10.5. The molecule has 0 bridgehead atoms. The first-order valence-electron chi connectivity index (χ1n) is 6.51. The van der Waals surface area contributed by atoms with E-state index in [0.717, 1.165) is 32.2 Å². The van der Waals surface area contributed by atoms with Crippen molar-refractivity contribution in [1.82, 2.24) is 0 Å². The Labute approximate surface area is 135 Å². The lowest BCUT2D eigenvalue weighted by Crippen LogP contribution is -2.04. The van der Waals surface area contributed by atoms with Crippen molar-refractivity contribution in [2.45, 2.75) is 18.9 Å². The fraction of sp³-hybridized carbons (Fsp3) is 0.250. The summed E-state index contributed by atoms with van der Waals surface area (Å²) in [6, 6.07) is 12.0. The number of aliphatic hydroxyl groups is 1. The highest BCUT2D eigenvalue weighted by Crippen LogP contribution is 2.37. The molecule has 0 radical (unpaired) electrons. The number of fused-ring (bicyclic) bond motifs is 1. The van der Waals surface area contributed by atoms with Crippen molar-refractivity contribution in [2.24, 2.45) is 0 Å². The van der Waals surface area contributed by atoms with E-state index in [4.69, 9.17) is 4.74 Å². The van der Waals surface area contributed by atoms with Crippen molar-refractivity contribution >= 4 is 31.9 Å². The second-order valence-electron chi connectivity index (χ2n) is 4.93. The molecular formula is C16H14Br2O2. The number of ether oxygens (including phenoxy) is 1. The van der Waals surface area contributed by atoms with Gasteiger partial charge in [0.15, 0.2) is 0 Å². The number of hydrogen-bond acceptors (Lipinski definition) is 2. The summed E-state index contributed by atoms with van der Waals surface area (Å²) in [7, 11) is 0. The molecule has 0 saturated carbocycles. The first-order chi connectivity index (χ1) is 9.63. The van der Waals surface area contributed by atoms with Gasteiger partial charge >= 0.3 is 0 Å². The summed E-state index contributed by atoms with van der Waals surface area (Å²) in [6.45, 7) is 0.698. The first-order valence-corrected chi connectivity index (χ1v) is 8.10. The van der Waals surface area contributed by atoms with Crippen LogP contribution in [0.5, 0.6) is 5.75 Å².